The first-order chi connectivity index (χ1) is 8.25. The van der Waals surface area contributed by atoms with E-state index in [1.54, 1.807) is 12.1 Å². The summed E-state index contributed by atoms with van der Waals surface area (Å²) in [6, 6.07) is 7.26. The normalized spacial score (nSPS) is 15.6. The number of halogens is 2. The summed E-state index contributed by atoms with van der Waals surface area (Å²) in [5.74, 6) is 0. The zero-order chi connectivity index (χ0) is 12.1. The van der Waals surface area contributed by atoms with Crippen molar-refractivity contribution in [2.75, 3.05) is 18.4 Å². The van der Waals surface area contributed by atoms with Crippen LogP contribution in [0.4, 0.5) is 10.5 Å². The highest BCUT2D eigenvalue weighted by Gasteiger charge is 2.15. The number of anilines is 1. The molecule has 1 saturated heterocycles. The Morgan fingerprint density at radius 3 is 2.61 bits per heavy atom. The topological polar surface area (TPSA) is 53.2 Å². The van der Waals surface area contributed by atoms with Crippen LogP contribution in [0.3, 0.4) is 0 Å². The molecule has 2 rings (SSSR count). The number of hydrogen-bond acceptors (Lipinski definition) is 2. The van der Waals surface area contributed by atoms with Crippen molar-refractivity contribution in [3.8, 4) is 0 Å². The van der Waals surface area contributed by atoms with Crippen molar-refractivity contribution in [3.05, 3.63) is 29.3 Å². The summed E-state index contributed by atoms with van der Waals surface area (Å²) < 4.78 is 0. The number of amides is 2. The second-order valence-electron chi connectivity index (χ2n) is 4.10. The maximum atomic E-state index is 11.7. The van der Waals surface area contributed by atoms with Gasteiger partial charge in [0, 0.05) is 6.04 Å². The van der Waals surface area contributed by atoms with E-state index < -0.39 is 0 Å². The first kappa shape index (κ1) is 15.1. The molecule has 0 saturated carbocycles. The van der Waals surface area contributed by atoms with Gasteiger partial charge in [0.25, 0.3) is 0 Å². The van der Waals surface area contributed by atoms with Crippen LogP contribution in [0.2, 0.25) is 5.02 Å². The Kier molecular flexibility index (Phi) is 6.25. The Labute approximate surface area is 118 Å². The van der Waals surface area contributed by atoms with Crippen molar-refractivity contribution in [1.29, 1.82) is 0 Å². The molecule has 1 fully saturated rings. The number of carbonyl (C=O) groups excluding carboxylic acids is 1. The zero-order valence-electron chi connectivity index (χ0n) is 9.91. The second kappa shape index (κ2) is 7.46. The fraction of sp³-hybridized carbons (Fsp3) is 0.417. The van der Waals surface area contributed by atoms with Gasteiger partial charge in [-0.1, -0.05) is 23.7 Å². The minimum absolute atomic E-state index is 0. The lowest BCUT2D eigenvalue weighted by Gasteiger charge is -2.23. The van der Waals surface area contributed by atoms with Gasteiger partial charge in [-0.15, -0.1) is 12.4 Å². The first-order valence-corrected chi connectivity index (χ1v) is 6.16. The molecule has 0 unspecified atom stereocenters. The number of piperidine rings is 1. The molecule has 0 radical (unpaired) electrons. The first-order valence-electron chi connectivity index (χ1n) is 5.78. The predicted octanol–water partition coefficient (Wildman–Crippen LogP) is 2.64. The lowest BCUT2D eigenvalue weighted by atomic mass is 10.1. The Balaban J connectivity index is 0.00000162. The van der Waals surface area contributed by atoms with Crippen LogP contribution in [-0.2, 0) is 0 Å². The third kappa shape index (κ3) is 4.37. The van der Waals surface area contributed by atoms with Gasteiger partial charge in [0.2, 0.25) is 0 Å². The van der Waals surface area contributed by atoms with Gasteiger partial charge in [0.05, 0.1) is 10.7 Å². The maximum Gasteiger partial charge on any atom is 0.319 e. The molecule has 0 atom stereocenters. The SMILES string of the molecule is Cl.O=C(Nc1ccccc1Cl)NC1CCNCC1. The standard InChI is InChI=1S/C12H16ClN3O.ClH/c13-10-3-1-2-4-11(10)16-12(17)15-9-5-7-14-8-6-9;/h1-4,9,14H,5-8H2,(H2,15,16,17);1H. The van der Waals surface area contributed by atoms with Crippen LogP contribution in [0.25, 0.3) is 0 Å². The molecule has 1 aromatic carbocycles. The van der Waals surface area contributed by atoms with Crippen molar-refractivity contribution < 1.29 is 4.79 Å². The van der Waals surface area contributed by atoms with Crippen molar-refractivity contribution >= 4 is 35.7 Å². The number of urea groups is 1. The number of para-hydroxylation sites is 1. The molecule has 0 aliphatic carbocycles. The van der Waals surface area contributed by atoms with Gasteiger partial charge in [-0.25, -0.2) is 4.79 Å². The highest BCUT2D eigenvalue weighted by molar-refractivity contribution is 6.33. The van der Waals surface area contributed by atoms with E-state index in [4.69, 9.17) is 11.6 Å². The molecular formula is C12H17Cl2N3O. The molecule has 0 spiro atoms. The van der Waals surface area contributed by atoms with E-state index in [0.717, 1.165) is 25.9 Å². The number of carbonyl (C=O) groups is 1. The van der Waals surface area contributed by atoms with Crippen molar-refractivity contribution in [2.24, 2.45) is 0 Å². The van der Waals surface area contributed by atoms with Crippen LogP contribution in [-0.4, -0.2) is 25.2 Å². The monoisotopic (exact) mass is 289 g/mol. The molecule has 100 valence electrons. The van der Waals surface area contributed by atoms with Crippen LogP contribution >= 0.6 is 24.0 Å². The van der Waals surface area contributed by atoms with Crippen LogP contribution in [0.1, 0.15) is 12.8 Å². The fourth-order valence-electron chi connectivity index (χ4n) is 1.87. The lowest BCUT2D eigenvalue weighted by Crippen LogP contribution is -2.44. The van der Waals surface area contributed by atoms with Crippen LogP contribution in [0.5, 0.6) is 0 Å². The van der Waals surface area contributed by atoms with Crippen LogP contribution in [0, 0.1) is 0 Å². The molecule has 4 nitrogen and oxygen atoms in total. The molecule has 2 amide bonds. The second-order valence-corrected chi connectivity index (χ2v) is 4.51. The molecule has 1 aliphatic rings. The van der Waals surface area contributed by atoms with E-state index in [1.165, 1.54) is 0 Å². The molecular weight excluding hydrogens is 273 g/mol. The Hall–Kier alpha value is -0.970. The van der Waals surface area contributed by atoms with Gasteiger partial charge in [-0.3, -0.25) is 0 Å². The minimum atomic E-state index is -0.190. The third-order valence-electron chi connectivity index (χ3n) is 2.80. The van der Waals surface area contributed by atoms with Crippen LogP contribution < -0.4 is 16.0 Å². The van der Waals surface area contributed by atoms with E-state index in [-0.39, 0.29) is 24.5 Å². The summed E-state index contributed by atoms with van der Waals surface area (Å²) >= 11 is 5.96. The predicted molar refractivity (Wildman–Crippen MR) is 76.7 cm³/mol. The number of rotatable bonds is 2. The summed E-state index contributed by atoms with van der Waals surface area (Å²) in [6.45, 7) is 1.91. The maximum absolute atomic E-state index is 11.7. The van der Waals surface area contributed by atoms with Crippen molar-refractivity contribution in [3.63, 3.8) is 0 Å². The molecule has 1 heterocycles. The van der Waals surface area contributed by atoms with Crippen molar-refractivity contribution in [1.82, 2.24) is 10.6 Å². The molecule has 1 aromatic rings. The third-order valence-corrected chi connectivity index (χ3v) is 3.13. The van der Waals surface area contributed by atoms with Gasteiger partial charge < -0.3 is 16.0 Å². The average molecular weight is 290 g/mol. The van der Waals surface area contributed by atoms with Gasteiger partial charge >= 0.3 is 6.03 Å². The summed E-state index contributed by atoms with van der Waals surface area (Å²) in [6.07, 6.45) is 1.94. The lowest BCUT2D eigenvalue weighted by molar-refractivity contribution is 0.245. The highest BCUT2D eigenvalue weighted by atomic mass is 35.5. The van der Waals surface area contributed by atoms with E-state index in [9.17, 15) is 4.79 Å². The van der Waals surface area contributed by atoms with E-state index in [0.29, 0.717) is 10.7 Å². The van der Waals surface area contributed by atoms with E-state index >= 15 is 0 Å². The molecule has 3 N–H and O–H groups in total. The Bertz CT molecular complexity index is 395. The van der Waals surface area contributed by atoms with E-state index in [1.807, 2.05) is 12.1 Å². The van der Waals surface area contributed by atoms with Gasteiger partial charge in [0.15, 0.2) is 0 Å². The largest absolute Gasteiger partial charge is 0.335 e. The number of nitrogens with one attached hydrogen (secondary N) is 3. The van der Waals surface area contributed by atoms with Gasteiger partial charge in [-0.2, -0.15) is 0 Å². The Morgan fingerprint density at radius 2 is 1.94 bits per heavy atom. The Morgan fingerprint density at radius 1 is 1.28 bits per heavy atom. The minimum Gasteiger partial charge on any atom is -0.335 e. The van der Waals surface area contributed by atoms with Gasteiger partial charge in [-0.05, 0) is 38.1 Å². The summed E-state index contributed by atoms with van der Waals surface area (Å²) in [5, 5.41) is 9.50. The molecule has 18 heavy (non-hydrogen) atoms. The molecule has 6 heteroatoms. The molecule has 1 aliphatic heterocycles. The number of hydrogen-bond donors (Lipinski definition) is 3. The number of benzene rings is 1. The van der Waals surface area contributed by atoms with E-state index in [2.05, 4.69) is 16.0 Å². The molecule has 0 bridgehead atoms. The van der Waals surface area contributed by atoms with Crippen LogP contribution in [0.15, 0.2) is 24.3 Å². The summed E-state index contributed by atoms with van der Waals surface area (Å²) in [4.78, 5) is 11.7. The molecule has 0 aromatic heterocycles. The zero-order valence-corrected chi connectivity index (χ0v) is 11.5. The average Bonchev–Trinajstić information content (AvgIpc) is 2.33. The fourth-order valence-corrected chi connectivity index (χ4v) is 2.06. The summed E-state index contributed by atoms with van der Waals surface area (Å²) in [7, 11) is 0. The van der Waals surface area contributed by atoms with Crippen molar-refractivity contribution in [2.45, 2.75) is 18.9 Å². The summed E-state index contributed by atoms with van der Waals surface area (Å²) in [5.41, 5.74) is 0.639. The van der Waals surface area contributed by atoms with Gasteiger partial charge in [0.1, 0.15) is 0 Å². The quantitative estimate of drug-likeness (QED) is 0.784. The highest BCUT2D eigenvalue weighted by Crippen LogP contribution is 2.20. The smallest absolute Gasteiger partial charge is 0.319 e.